The Morgan fingerprint density at radius 1 is 1.37 bits per heavy atom. The molecule has 106 valence electrons. The number of nitrogens with zero attached hydrogens (tertiary/aromatic N) is 1. The molecule has 0 radical (unpaired) electrons. The van der Waals surface area contributed by atoms with Crippen LogP contribution in [-0.2, 0) is 6.18 Å². The first-order chi connectivity index (χ1) is 8.90. The molecule has 2 rings (SSSR count). The Hall–Kier alpha value is -1.50. The van der Waals surface area contributed by atoms with Crippen molar-refractivity contribution >= 4 is 11.6 Å². The summed E-state index contributed by atoms with van der Waals surface area (Å²) in [7, 11) is 0. The SMILES string of the molecule is Nc1cc(C(F)(F)F)cc(NC2CCCC2CO)n1. The number of anilines is 2. The van der Waals surface area contributed by atoms with E-state index in [1.165, 1.54) is 0 Å². The first kappa shape index (κ1) is 13.9. The summed E-state index contributed by atoms with van der Waals surface area (Å²) in [5, 5.41) is 12.1. The molecule has 2 unspecified atom stereocenters. The van der Waals surface area contributed by atoms with Crippen molar-refractivity contribution in [3.63, 3.8) is 0 Å². The number of halogens is 3. The van der Waals surface area contributed by atoms with E-state index in [4.69, 9.17) is 5.73 Å². The Labute approximate surface area is 108 Å². The zero-order valence-corrected chi connectivity index (χ0v) is 10.2. The van der Waals surface area contributed by atoms with E-state index in [9.17, 15) is 18.3 Å². The van der Waals surface area contributed by atoms with Gasteiger partial charge in [-0.15, -0.1) is 0 Å². The molecule has 0 amide bonds. The van der Waals surface area contributed by atoms with Gasteiger partial charge in [0.15, 0.2) is 0 Å². The van der Waals surface area contributed by atoms with Crippen LogP contribution in [0.15, 0.2) is 12.1 Å². The van der Waals surface area contributed by atoms with Gasteiger partial charge in [0.05, 0.1) is 5.56 Å². The number of nitrogens with one attached hydrogen (secondary N) is 1. The quantitative estimate of drug-likeness (QED) is 0.791. The van der Waals surface area contributed by atoms with Gasteiger partial charge in [0, 0.05) is 18.6 Å². The van der Waals surface area contributed by atoms with Crippen molar-refractivity contribution in [2.75, 3.05) is 17.7 Å². The Bertz CT molecular complexity index is 450. The second kappa shape index (κ2) is 5.24. The number of pyridine rings is 1. The molecule has 0 spiro atoms. The molecule has 1 saturated carbocycles. The highest BCUT2D eigenvalue weighted by molar-refractivity contribution is 5.48. The van der Waals surface area contributed by atoms with E-state index in [0.29, 0.717) is 0 Å². The lowest BCUT2D eigenvalue weighted by molar-refractivity contribution is -0.137. The molecule has 0 aromatic carbocycles. The van der Waals surface area contributed by atoms with Crippen molar-refractivity contribution in [1.82, 2.24) is 4.98 Å². The lowest BCUT2D eigenvalue weighted by Gasteiger charge is -2.20. The molecule has 1 heterocycles. The zero-order valence-electron chi connectivity index (χ0n) is 10.2. The maximum absolute atomic E-state index is 12.7. The van der Waals surface area contributed by atoms with E-state index in [1.807, 2.05) is 0 Å². The minimum atomic E-state index is -4.44. The summed E-state index contributed by atoms with van der Waals surface area (Å²) >= 11 is 0. The van der Waals surface area contributed by atoms with Crippen LogP contribution in [0, 0.1) is 5.92 Å². The van der Waals surface area contributed by atoms with Gasteiger partial charge >= 0.3 is 6.18 Å². The number of hydrogen-bond donors (Lipinski definition) is 3. The average molecular weight is 275 g/mol. The third-order valence-corrected chi connectivity index (χ3v) is 3.40. The second-order valence-electron chi connectivity index (χ2n) is 4.79. The Morgan fingerprint density at radius 2 is 2.11 bits per heavy atom. The fraction of sp³-hybridized carbons (Fsp3) is 0.583. The average Bonchev–Trinajstić information content (AvgIpc) is 2.74. The minimum absolute atomic E-state index is 0.0200. The van der Waals surface area contributed by atoms with Gasteiger partial charge < -0.3 is 16.2 Å². The van der Waals surface area contributed by atoms with Gasteiger partial charge in [0.2, 0.25) is 0 Å². The predicted octanol–water partition coefficient (Wildman–Crippen LogP) is 2.26. The molecule has 0 bridgehead atoms. The summed E-state index contributed by atoms with van der Waals surface area (Å²) in [4.78, 5) is 3.86. The highest BCUT2D eigenvalue weighted by Gasteiger charge is 2.32. The lowest BCUT2D eigenvalue weighted by atomic mass is 10.1. The van der Waals surface area contributed by atoms with Crippen LogP contribution in [0.3, 0.4) is 0 Å². The standard InChI is InChI=1S/C12H16F3N3O/c13-12(14,15)8-4-10(16)18-11(5-8)17-9-3-1-2-7(9)6-19/h4-5,7,9,19H,1-3,6H2,(H3,16,17,18). The summed E-state index contributed by atoms with van der Waals surface area (Å²) in [5.74, 6) is -0.00823. The molecule has 1 aliphatic carbocycles. The van der Waals surface area contributed by atoms with Crippen molar-refractivity contribution in [2.24, 2.45) is 5.92 Å². The fourth-order valence-electron chi connectivity index (χ4n) is 2.42. The molecular formula is C12H16F3N3O. The first-order valence-electron chi connectivity index (χ1n) is 6.12. The fourth-order valence-corrected chi connectivity index (χ4v) is 2.42. The molecule has 4 N–H and O–H groups in total. The first-order valence-corrected chi connectivity index (χ1v) is 6.12. The van der Waals surface area contributed by atoms with Gasteiger partial charge in [-0.1, -0.05) is 6.42 Å². The summed E-state index contributed by atoms with van der Waals surface area (Å²) in [6.07, 6.45) is -1.83. The molecule has 4 nitrogen and oxygen atoms in total. The molecule has 0 aliphatic heterocycles. The van der Waals surface area contributed by atoms with E-state index >= 15 is 0 Å². The second-order valence-corrected chi connectivity index (χ2v) is 4.79. The number of aromatic nitrogens is 1. The van der Waals surface area contributed by atoms with Crippen LogP contribution in [0.1, 0.15) is 24.8 Å². The smallest absolute Gasteiger partial charge is 0.396 e. The van der Waals surface area contributed by atoms with E-state index in [1.54, 1.807) is 0 Å². The number of rotatable bonds is 3. The largest absolute Gasteiger partial charge is 0.416 e. The molecule has 1 aromatic rings. The summed E-state index contributed by atoms with van der Waals surface area (Å²) < 4.78 is 38.0. The highest BCUT2D eigenvalue weighted by atomic mass is 19.4. The van der Waals surface area contributed by atoms with Crippen LogP contribution >= 0.6 is 0 Å². The van der Waals surface area contributed by atoms with Crippen LogP contribution in [0.5, 0.6) is 0 Å². The molecule has 7 heteroatoms. The monoisotopic (exact) mass is 275 g/mol. The van der Waals surface area contributed by atoms with Crippen LogP contribution < -0.4 is 11.1 Å². The van der Waals surface area contributed by atoms with Crippen molar-refractivity contribution in [3.8, 4) is 0 Å². The van der Waals surface area contributed by atoms with Gasteiger partial charge in [-0.3, -0.25) is 0 Å². The van der Waals surface area contributed by atoms with Gasteiger partial charge in [-0.25, -0.2) is 4.98 Å². The van der Waals surface area contributed by atoms with E-state index < -0.39 is 11.7 Å². The summed E-state index contributed by atoms with van der Waals surface area (Å²) in [6, 6.07) is 1.70. The van der Waals surface area contributed by atoms with Crippen molar-refractivity contribution in [1.29, 1.82) is 0 Å². The highest BCUT2D eigenvalue weighted by Crippen LogP contribution is 2.33. The maximum Gasteiger partial charge on any atom is 0.416 e. The number of hydrogen-bond acceptors (Lipinski definition) is 4. The number of alkyl halides is 3. The molecule has 19 heavy (non-hydrogen) atoms. The molecule has 1 aliphatic rings. The summed E-state index contributed by atoms with van der Waals surface area (Å²) in [5.41, 5.74) is 4.58. The van der Waals surface area contributed by atoms with Crippen molar-refractivity contribution < 1.29 is 18.3 Å². The number of nitrogen functional groups attached to an aromatic ring is 1. The Morgan fingerprint density at radius 3 is 2.74 bits per heavy atom. The Balaban J connectivity index is 2.18. The van der Waals surface area contributed by atoms with E-state index in [-0.39, 0.29) is 30.2 Å². The molecule has 1 fully saturated rings. The van der Waals surface area contributed by atoms with Crippen LogP contribution in [0.2, 0.25) is 0 Å². The van der Waals surface area contributed by atoms with Crippen LogP contribution in [0.25, 0.3) is 0 Å². The Kier molecular flexibility index (Phi) is 3.84. The van der Waals surface area contributed by atoms with Gasteiger partial charge in [-0.2, -0.15) is 13.2 Å². The van der Waals surface area contributed by atoms with Gasteiger partial charge in [0.25, 0.3) is 0 Å². The number of aliphatic hydroxyl groups is 1. The normalized spacial score (nSPS) is 23.6. The number of nitrogens with two attached hydrogens (primary N) is 1. The van der Waals surface area contributed by atoms with Gasteiger partial charge in [-0.05, 0) is 25.0 Å². The third-order valence-electron chi connectivity index (χ3n) is 3.40. The van der Waals surface area contributed by atoms with Crippen LogP contribution in [0.4, 0.5) is 24.8 Å². The van der Waals surface area contributed by atoms with Crippen molar-refractivity contribution in [2.45, 2.75) is 31.5 Å². The molecule has 1 aromatic heterocycles. The lowest BCUT2D eigenvalue weighted by Crippen LogP contribution is -2.27. The molecule has 0 saturated heterocycles. The van der Waals surface area contributed by atoms with E-state index in [2.05, 4.69) is 10.3 Å². The third kappa shape index (κ3) is 3.28. The number of aliphatic hydroxyl groups excluding tert-OH is 1. The van der Waals surface area contributed by atoms with Crippen LogP contribution in [-0.4, -0.2) is 22.7 Å². The van der Waals surface area contributed by atoms with Crippen molar-refractivity contribution in [3.05, 3.63) is 17.7 Å². The summed E-state index contributed by atoms with van der Waals surface area (Å²) in [6.45, 7) is 0.0200. The molecular weight excluding hydrogens is 259 g/mol. The van der Waals surface area contributed by atoms with Gasteiger partial charge in [0.1, 0.15) is 11.6 Å². The maximum atomic E-state index is 12.7. The zero-order chi connectivity index (χ0) is 14.0. The minimum Gasteiger partial charge on any atom is -0.396 e. The van der Waals surface area contributed by atoms with E-state index in [0.717, 1.165) is 31.4 Å². The topological polar surface area (TPSA) is 71.2 Å². The molecule has 2 atom stereocenters. The predicted molar refractivity (Wildman–Crippen MR) is 65.5 cm³/mol.